The number of aromatic nitrogens is 3. The standard InChI is InChI=1S/C37H25N3/c1-2-9-31(10-3-1)37-39-35(29-19-15-26(16-20-29)32-12-7-23-38-25-32)24-36(40-37)30-21-17-28(18-22-30)34-14-6-11-27-8-4-5-13-33(27)34/h1-25H. The molecule has 3 heteroatoms. The maximum atomic E-state index is 5.00. The minimum Gasteiger partial charge on any atom is -0.264 e. The molecule has 7 aromatic rings. The van der Waals surface area contributed by atoms with Gasteiger partial charge in [-0.1, -0.05) is 127 Å². The number of rotatable bonds is 5. The van der Waals surface area contributed by atoms with Gasteiger partial charge in [-0.2, -0.15) is 0 Å². The van der Waals surface area contributed by atoms with Crippen molar-refractivity contribution >= 4 is 10.8 Å². The zero-order chi connectivity index (χ0) is 26.7. The average Bonchev–Trinajstić information content (AvgIpc) is 3.05. The molecule has 2 aromatic heterocycles. The lowest BCUT2D eigenvalue weighted by atomic mass is 9.97. The Bertz CT molecular complexity index is 1910. The number of fused-ring (bicyclic) bond motifs is 1. The second kappa shape index (κ2) is 10.4. The summed E-state index contributed by atoms with van der Waals surface area (Å²) in [6.07, 6.45) is 3.67. The number of benzene rings is 5. The molecular formula is C37H25N3. The van der Waals surface area contributed by atoms with Gasteiger partial charge in [0.25, 0.3) is 0 Å². The predicted octanol–water partition coefficient (Wildman–Crippen LogP) is 9.36. The van der Waals surface area contributed by atoms with Gasteiger partial charge in [-0.15, -0.1) is 0 Å². The maximum Gasteiger partial charge on any atom is 0.160 e. The lowest BCUT2D eigenvalue weighted by Gasteiger charge is -2.11. The molecule has 0 amide bonds. The molecule has 0 saturated heterocycles. The molecule has 2 heterocycles. The van der Waals surface area contributed by atoms with Crippen LogP contribution in [-0.4, -0.2) is 15.0 Å². The van der Waals surface area contributed by atoms with E-state index >= 15 is 0 Å². The van der Waals surface area contributed by atoms with E-state index in [1.165, 1.54) is 21.9 Å². The van der Waals surface area contributed by atoms with Gasteiger partial charge in [0.2, 0.25) is 0 Å². The molecule has 0 atom stereocenters. The predicted molar refractivity (Wildman–Crippen MR) is 165 cm³/mol. The van der Waals surface area contributed by atoms with Crippen molar-refractivity contribution < 1.29 is 0 Å². The van der Waals surface area contributed by atoms with Gasteiger partial charge >= 0.3 is 0 Å². The first-order valence-corrected chi connectivity index (χ1v) is 13.4. The Morgan fingerprint density at radius 2 is 1.00 bits per heavy atom. The topological polar surface area (TPSA) is 38.7 Å². The molecule has 0 aliphatic carbocycles. The fourth-order valence-electron chi connectivity index (χ4n) is 5.12. The van der Waals surface area contributed by atoms with E-state index in [1.807, 2.05) is 30.5 Å². The summed E-state index contributed by atoms with van der Waals surface area (Å²) in [5, 5.41) is 2.50. The third-order valence-corrected chi connectivity index (χ3v) is 7.21. The fraction of sp³-hybridized carbons (Fsp3) is 0. The molecule has 0 bridgehead atoms. The van der Waals surface area contributed by atoms with Crippen LogP contribution in [0.15, 0.2) is 152 Å². The summed E-state index contributed by atoms with van der Waals surface area (Å²) in [4.78, 5) is 14.2. The van der Waals surface area contributed by atoms with Crippen LogP contribution in [-0.2, 0) is 0 Å². The summed E-state index contributed by atoms with van der Waals surface area (Å²) in [7, 11) is 0. The van der Waals surface area contributed by atoms with Gasteiger partial charge in [0.1, 0.15) is 0 Å². The molecule has 5 aromatic carbocycles. The lowest BCUT2D eigenvalue weighted by Crippen LogP contribution is -1.96. The van der Waals surface area contributed by atoms with E-state index in [2.05, 4.69) is 120 Å². The second-order valence-electron chi connectivity index (χ2n) is 9.75. The van der Waals surface area contributed by atoms with Crippen LogP contribution in [0.4, 0.5) is 0 Å². The van der Waals surface area contributed by atoms with E-state index in [0.29, 0.717) is 5.82 Å². The normalized spacial score (nSPS) is 11.0. The van der Waals surface area contributed by atoms with E-state index < -0.39 is 0 Å². The summed E-state index contributed by atoms with van der Waals surface area (Å²) in [5.74, 6) is 0.711. The molecule has 0 radical (unpaired) electrons. The summed E-state index contributed by atoms with van der Waals surface area (Å²) < 4.78 is 0. The third kappa shape index (κ3) is 4.65. The molecule has 0 aliphatic rings. The smallest absolute Gasteiger partial charge is 0.160 e. The zero-order valence-corrected chi connectivity index (χ0v) is 21.8. The first-order valence-electron chi connectivity index (χ1n) is 13.4. The van der Waals surface area contributed by atoms with Gasteiger partial charge in [-0.25, -0.2) is 9.97 Å². The van der Waals surface area contributed by atoms with Gasteiger partial charge in [-0.3, -0.25) is 4.98 Å². The maximum absolute atomic E-state index is 5.00. The quantitative estimate of drug-likeness (QED) is 0.231. The molecule has 7 rings (SSSR count). The Balaban J connectivity index is 1.29. The minimum absolute atomic E-state index is 0.711. The van der Waals surface area contributed by atoms with Crippen molar-refractivity contribution in [2.75, 3.05) is 0 Å². The molecule has 0 unspecified atom stereocenters. The average molecular weight is 512 g/mol. The Labute approximate surface area is 233 Å². The monoisotopic (exact) mass is 511 g/mol. The largest absolute Gasteiger partial charge is 0.264 e. The van der Waals surface area contributed by atoms with Gasteiger partial charge in [0, 0.05) is 29.1 Å². The molecule has 0 spiro atoms. The third-order valence-electron chi connectivity index (χ3n) is 7.21. The van der Waals surface area contributed by atoms with Crippen molar-refractivity contribution in [3.05, 3.63) is 152 Å². The van der Waals surface area contributed by atoms with Crippen molar-refractivity contribution in [2.24, 2.45) is 0 Å². The first kappa shape index (κ1) is 23.7. The lowest BCUT2D eigenvalue weighted by molar-refractivity contribution is 1.18. The highest BCUT2D eigenvalue weighted by Crippen LogP contribution is 2.32. The van der Waals surface area contributed by atoms with E-state index in [1.54, 1.807) is 6.20 Å². The second-order valence-corrected chi connectivity index (χ2v) is 9.75. The Kier molecular flexibility index (Phi) is 6.15. The van der Waals surface area contributed by atoms with Gasteiger partial charge < -0.3 is 0 Å². The molecule has 0 saturated carbocycles. The highest BCUT2D eigenvalue weighted by molar-refractivity contribution is 5.96. The van der Waals surface area contributed by atoms with Crippen molar-refractivity contribution in [1.29, 1.82) is 0 Å². The number of pyridine rings is 1. The Morgan fingerprint density at radius 3 is 1.70 bits per heavy atom. The fourth-order valence-corrected chi connectivity index (χ4v) is 5.12. The van der Waals surface area contributed by atoms with Crippen LogP contribution < -0.4 is 0 Å². The van der Waals surface area contributed by atoms with Crippen LogP contribution in [0.5, 0.6) is 0 Å². The molecule has 3 nitrogen and oxygen atoms in total. The van der Waals surface area contributed by atoms with Crippen molar-refractivity contribution in [3.8, 4) is 56.2 Å². The molecule has 0 N–H and O–H groups in total. The summed E-state index contributed by atoms with van der Waals surface area (Å²) >= 11 is 0. The SMILES string of the molecule is c1ccc(-c2nc(-c3ccc(-c4cccnc4)cc3)cc(-c3ccc(-c4cccc5ccccc45)cc3)n2)cc1. The van der Waals surface area contributed by atoms with E-state index in [-0.39, 0.29) is 0 Å². The van der Waals surface area contributed by atoms with Crippen LogP contribution in [0.25, 0.3) is 66.9 Å². The van der Waals surface area contributed by atoms with Crippen LogP contribution in [0.2, 0.25) is 0 Å². The van der Waals surface area contributed by atoms with Crippen LogP contribution in [0.3, 0.4) is 0 Å². The minimum atomic E-state index is 0.711. The summed E-state index contributed by atoms with van der Waals surface area (Å²) in [6.45, 7) is 0. The molecule has 40 heavy (non-hydrogen) atoms. The molecule has 0 aliphatic heterocycles. The number of hydrogen-bond donors (Lipinski definition) is 0. The Morgan fingerprint density at radius 1 is 0.400 bits per heavy atom. The number of nitrogens with zero attached hydrogens (tertiary/aromatic N) is 3. The van der Waals surface area contributed by atoms with Gasteiger partial charge in [0.05, 0.1) is 11.4 Å². The molecular weight excluding hydrogens is 486 g/mol. The van der Waals surface area contributed by atoms with Crippen LogP contribution >= 0.6 is 0 Å². The van der Waals surface area contributed by atoms with Crippen molar-refractivity contribution in [3.63, 3.8) is 0 Å². The van der Waals surface area contributed by atoms with Gasteiger partial charge in [0.15, 0.2) is 5.82 Å². The van der Waals surface area contributed by atoms with Gasteiger partial charge in [-0.05, 0) is 45.2 Å². The van der Waals surface area contributed by atoms with E-state index in [9.17, 15) is 0 Å². The summed E-state index contributed by atoms with van der Waals surface area (Å²) in [5.41, 5.74) is 9.50. The van der Waals surface area contributed by atoms with E-state index in [0.717, 1.165) is 39.2 Å². The Hall–Kier alpha value is -5.41. The van der Waals surface area contributed by atoms with Crippen LogP contribution in [0, 0.1) is 0 Å². The first-order chi connectivity index (χ1) is 19.8. The van der Waals surface area contributed by atoms with Crippen LogP contribution in [0.1, 0.15) is 0 Å². The summed E-state index contributed by atoms with van der Waals surface area (Å²) in [6, 6.07) is 48.4. The highest BCUT2D eigenvalue weighted by atomic mass is 14.9. The molecule has 188 valence electrons. The number of hydrogen-bond acceptors (Lipinski definition) is 3. The zero-order valence-electron chi connectivity index (χ0n) is 21.8. The van der Waals surface area contributed by atoms with E-state index in [4.69, 9.17) is 9.97 Å². The van der Waals surface area contributed by atoms with Crippen molar-refractivity contribution in [1.82, 2.24) is 15.0 Å². The highest BCUT2D eigenvalue weighted by Gasteiger charge is 2.12. The van der Waals surface area contributed by atoms with Crippen molar-refractivity contribution in [2.45, 2.75) is 0 Å². The molecule has 0 fully saturated rings.